The van der Waals surface area contributed by atoms with Crippen LogP contribution in [0.3, 0.4) is 0 Å². The van der Waals surface area contributed by atoms with Gasteiger partial charge in [-0.25, -0.2) is 4.79 Å². The number of fused-ring (bicyclic) bond motifs is 2. The zero-order valence-electron chi connectivity index (χ0n) is 12.7. The van der Waals surface area contributed by atoms with Crippen molar-refractivity contribution in [3.63, 3.8) is 0 Å². The zero-order chi connectivity index (χ0) is 15.0. The van der Waals surface area contributed by atoms with E-state index in [1.54, 1.807) is 0 Å². The van der Waals surface area contributed by atoms with Crippen LogP contribution in [0.5, 0.6) is 0 Å². The van der Waals surface area contributed by atoms with E-state index in [4.69, 9.17) is 4.98 Å². The van der Waals surface area contributed by atoms with Crippen LogP contribution >= 0.6 is 0 Å². The molecule has 0 atom stereocenters. The Bertz CT molecular complexity index is 719. The second-order valence-electron chi connectivity index (χ2n) is 6.11. The molecule has 1 N–H and O–H groups in total. The summed E-state index contributed by atoms with van der Waals surface area (Å²) in [6.45, 7) is 4.03. The quantitative estimate of drug-likeness (QED) is 0.853. The number of aromatic nitrogens is 1. The van der Waals surface area contributed by atoms with Gasteiger partial charge in [-0.15, -0.1) is 0 Å². The fourth-order valence-electron chi connectivity index (χ4n) is 3.48. The van der Waals surface area contributed by atoms with Gasteiger partial charge in [-0.1, -0.05) is 24.5 Å². The van der Waals surface area contributed by atoms with Crippen molar-refractivity contribution in [3.05, 3.63) is 40.1 Å². The van der Waals surface area contributed by atoms with Crippen molar-refractivity contribution in [2.45, 2.75) is 52.4 Å². The molecule has 0 aliphatic heterocycles. The molecule has 1 heterocycles. The summed E-state index contributed by atoms with van der Waals surface area (Å²) in [5.74, 6) is -0.816. The molecule has 1 aromatic carbocycles. The van der Waals surface area contributed by atoms with Gasteiger partial charge >= 0.3 is 5.97 Å². The van der Waals surface area contributed by atoms with E-state index in [2.05, 4.69) is 6.07 Å². The van der Waals surface area contributed by atoms with Gasteiger partial charge in [0.2, 0.25) is 0 Å². The highest BCUT2D eigenvalue weighted by atomic mass is 16.4. The minimum Gasteiger partial charge on any atom is -0.478 e. The van der Waals surface area contributed by atoms with Gasteiger partial charge in [0.05, 0.1) is 11.1 Å². The van der Waals surface area contributed by atoms with Gasteiger partial charge in [-0.3, -0.25) is 4.98 Å². The van der Waals surface area contributed by atoms with Crippen LogP contribution in [0.4, 0.5) is 0 Å². The monoisotopic (exact) mass is 283 g/mol. The lowest BCUT2D eigenvalue weighted by Gasteiger charge is -2.18. The van der Waals surface area contributed by atoms with Crippen LogP contribution in [0.15, 0.2) is 12.1 Å². The maximum Gasteiger partial charge on any atom is 0.336 e. The van der Waals surface area contributed by atoms with Gasteiger partial charge in [0.15, 0.2) is 0 Å². The van der Waals surface area contributed by atoms with Gasteiger partial charge in [0.25, 0.3) is 0 Å². The lowest BCUT2D eigenvalue weighted by Crippen LogP contribution is -2.12. The number of aromatic carboxylic acids is 1. The second-order valence-corrected chi connectivity index (χ2v) is 6.11. The first-order valence-corrected chi connectivity index (χ1v) is 7.74. The van der Waals surface area contributed by atoms with Gasteiger partial charge < -0.3 is 5.11 Å². The van der Waals surface area contributed by atoms with E-state index in [9.17, 15) is 9.90 Å². The molecule has 2 aromatic rings. The molecular formula is C18H21NO2. The molecule has 0 unspecified atom stereocenters. The predicted molar refractivity (Wildman–Crippen MR) is 84.1 cm³/mol. The molecule has 3 nitrogen and oxygen atoms in total. The van der Waals surface area contributed by atoms with Crippen molar-refractivity contribution in [1.82, 2.24) is 4.98 Å². The fraction of sp³-hybridized carbons (Fsp3) is 0.444. The molecule has 0 spiro atoms. The molecule has 3 rings (SSSR count). The second kappa shape index (κ2) is 5.47. The first-order valence-electron chi connectivity index (χ1n) is 7.74. The molecular weight excluding hydrogens is 262 g/mol. The molecule has 0 radical (unpaired) electrons. The van der Waals surface area contributed by atoms with Crippen LogP contribution in [0, 0.1) is 13.8 Å². The number of aryl methyl sites for hydroxylation is 3. The summed E-state index contributed by atoms with van der Waals surface area (Å²) in [7, 11) is 0. The van der Waals surface area contributed by atoms with E-state index in [1.807, 2.05) is 19.9 Å². The molecule has 0 saturated carbocycles. The third kappa shape index (κ3) is 2.53. The van der Waals surface area contributed by atoms with E-state index in [0.29, 0.717) is 5.56 Å². The number of carboxylic acid groups (broad SMARTS) is 1. The minimum absolute atomic E-state index is 0.490. The van der Waals surface area contributed by atoms with Crippen molar-refractivity contribution >= 4 is 16.9 Å². The Labute approximate surface area is 125 Å². The molecule has 21 heavy (non-hydrogen) atoms. The first-order chi connectivity index (χ1) is 10.1. The van der Waals surface area contributed by atoms with Crippen LogP contribution in [0.2, 0.25) is 0 Å². The molecule has 0 bridgehead atoms. The normalized spacial score (nSPS) is 15.3. The van der Waals surface area contributed by atoms with E-state index in [1.165, 1.54) is 12.8 Å². The average molecular weight is 283 g/mol. The Morgan fingerprint density at radius 3 is 2.52 bits per heavy atom. The zero-order valence-corrected chi connectivity index (χ0v) is 12.7. The third-order valence-corrected chi connectivity index (χ3v) is 4.42. The van der Waals surface area contributed by atoms with E-state index in [-0.39, 0.29) is 0 Å². The maximum atomic E-state index is 11.9. The topological polar surface area (TPSA) is 50.2 Å². The van der Waals surface area contributed by atoms with Crippen molar-refractivity contribution < 1.29 is 9.90 Å². The molecule has 0 fully saturated rings. The smallest absolute Gasteiger partial charge is 0.336 e. The number of carbonyl (C=O) groups is 1. The minimum atomic E-state index is -0.816. The van der Waals surface area contributed by atoms with E-state index < -0.39 is 5.97 Å². The van der Waals surface area contributed by atoms with Crippen LogP contribution in [0.1, 0.15) is 58.4 Å². The highest BCUT2D eigenvalue weighted by Crippen LogP contribution is 2.30. The molecule has 1 aliphatic carbocycles. The average Bonchev–Trinajstić information content (AvgIpc) is 2.38. The number of benzene rings is 1. The van der Waals surface area contributed by atoms with Crippen molar-refractivity contribution in [3.8, 4) is 0 Å². The Morgan fingerprint density at radius 1 is 1.10 bits per heavy atom. The third-order valence-electron chi connectivity index (χ3n) is 4.42. The van der Waals surface area contributed by atoms with Crippen LogP contribution in [-0.2, 0) is 12.8 Å². The summed E-state index contributed by atoms with van der Waals surface area (Å²) in [6, 6.07) is 4.05. The summed E-state index contributed by atoms with van der Waals surface area (Å²) in [6.07, 6.45) is 6.31. The van der Waals surface area contributed by atoms with Crippen molar-refractivity contribution in [2.75, 3.05) is 0 Å². The lowest BCUT2D eigenvalue weighted by molar-refractivity contribution is 0.0697. The highest BCUT2D eigenvalue weighted by molar-refractivity contribution is 6.05. The molecule has 3 heteroatoms. The van der Waals surface area contributed by atoms with Gasteiger partial charge in [-0.2, -0.15) is 0 Å². The Balaban J connectivity index is 2.37. The molecule has 1 aliphatic rings. The number of nitrogens with zero attached hydrogens (tertiary/aromatic N) is 1. The van der Waals surface area contributed by atoms with Crippen LogP contribution in [-0.4, -0.2) is 16.1 Å². The first kappa shape index (κ1) is 14.1. The Hall–Kier alpha value is -1.90. The number of hydrogen-bond donors (Lipinski definition) is 1. The van der Waals surface area contributed by atoms with Gasteiger partial charge in [0, 0.05) is 11.1 Å². The molecule has 1 aromatic heterocycles. The highest BCUT2D eigenvalue weighted by Gasteiger charge is 2.21. The van der Waals surface area contributed by atoms with Crippen LogP contribution in [0.25, 0.3) is 10.9 Å². The number of pyridine rings is 1. The van der Waals surface area contributed by atoms with Crippen molar-refractivity contribution in [2.24, 2.45) is 0 Å². The van der Waals surface area contributed by atoms with Gasteiger partial charge in [-0.05, 0) is 56.7 Å². The summed E-state index contributed by atoms with van der Waals surface area (Å²) in [4.78, 5) is 16.7. The van der Waals surface area contributed by atoms with E-state index in [0.717, 1.165) is 59.0 Å². The molecule has 0 amide bonds. The fourth-order valence-corrected chi connectivity index (χ4v) is 3.48. The molecule has 110 valence electrons. The lowest BCUT2D eigenvalue weighted by atomic mass is 9.90. The van der Waals surface area contributed by atoms with E-state index >= 15 is 0 Å². The largest absolute Gasteiger partial charge is 0.478 e. The summed E-state index contributed by atoms with van der Waals surface area (Å²) in [5, 5.41) is 10.6. The standard InChI is InChI=1S/C18H21NO2/c1-11-9-12(2)17-14(10-11)16(18(20)21)13-7-5-3-4-6-8-15(13)19-17/h9-10H,3-8H2,1-2H3,(H,20,21). The number of carboxylic acids is 1. The van der Waals surface area contributed by atoms with Crippen LogP contribution < -0.4 is 0 Å². The number of hydrogen-bond acceptors (Lipinski definition) is 2. The summed E-state index contributed by atoms with van der Waals surface area (Å²) in [5.41, 5.74) is 5.49. The maximum absolute atomic E-state index is 11.9. The number of rotatable bonds is 1. The Morgan fingerprint density at radius 2 is 1.81 bits per heavy atom. The predicted octanol–water partition coefficient (Wildman–Crippen LogP) is 4.21. The SMILES string of the molecule is Cc1cc(C)c2nc3c(c(C(=O)O)c2c1)CCCCCC3. The van der Waals surface area contributed by atoms with Gasteiger partial charge in [0.1, 0.15) is 0 Å². The summed E-state index contributed by atoms with van der Waals surface area (Å²) < 4.78 is 0. The molecule has 0 saturated heterocycles. The van der Waals surface area contributed by atoms with Crippen molar-refractivity contribution in [1.29, 1.82) is 0 Å². The Kier molecular flexibility index (Phi) is 3.66. The summed E-state index contributed by atoms with van der Waals surface area (Å²) >= 11 is 0.